The minimum Gasteiger partial charge on any atom is -0.493 e. The van der Waals surface area contributed by atoms with Crippen LogP contribution < -0.4 is 15.4 Å². The van der Waals surface area contributed by atoms with Crippen LogP contribution in [0.15, 0.2) is 42.5 Å². The van der Waals surface area contributed by atoms with E-state index < -0.39 is 23.8 Å². The van der Waals surface area contributed by atoms with E-state index in [2.05, 4.69) is 10.6 Å². The van der Waals surface area contributed by atoms with Crippen LogP contribution in [0.5, 0.6) is 5.75 Å². The van der Waals surface area contributed by atoms with E-state index in [-0.39, 0.29) is 24.9 Å². The molecule has 2 aromatic rings. The van der Waals surface area contributed by atoms with Crippen molar-refractivity contribution in [1.29, 1.82) is 0 Å². The summed E-state index contributed by atoms with van der Waals surface area (Å²) in [5.41, 5.74) is 1.39. The quantitative estimate of drug-likeness (QED) is 0.679. The Morgan fingerprint density at radius 2 is 1.96 bits per heavy atom. The van der Waals surface area contributed by atoms with Crippen molar-refractivity contribution in [3.05, 3.63) is 65.2 Å². The first kappa shape index (κ1) is 20.2. The van der Waals surface area contributed by atoms with Gasteiger partial charge in [0.05, 0.1) is 18.8 Å². The number of halogens is 2. The van der Waals surface area contributed by atoms with Crippen molar-refractivity contribution in [1.82, 2.24) is 10.6 Å². The third kappa shape index (κ3) is 5.27. The van der Waals surface area contributed by atoms with Gasteiger partial charge in [0.2, 0.25) is 5.91 Å². The highest BCUT2D eigenvalue weighted by molar-refractivity contribution is 5.73. The molecule has 150 valence electrons. The fourth-order valence-electron chi connectivity index (χ4n) is 3.49. The van der Waals surface area contributed by atoms with Crippen LogP contribution in [0.2, 0.25) is 0 Å². The van der Waals surface area contributed by atoms with Crippen molar-refractivity contribution in [3.8, 4) is 5.75 Å². The van der Waals surface area contributed by atoms with Crippen LogP contribution in [0.4, 0.5) is 8.78 Å². The molecular formula is C21H24F2N2O3. The number of nitrogens with one attached hydrogen (secondary N) is 2. The molecule has 0 saturated heterocycles. The van der Waals surface area contributed by atoms with Crippen LogP contribution in [0.25, 0.3) is 0 Å². The van der Waals surface area contributed by atoms with Crippen molar-refractivity contribution in [2.75, 3.05) is 13.2 Å². The van der Waals surface area contributed by atoms with Crippen LogP contribution in [-0.4, -0.2) is 36.3 Å². The zero-order valence-corrected chi connectivity index (χ0v) is 15.6. The Bertz CT molecular complexity index is 811. The molecule has 0 aromatic heterocycles. The SMILES string of the molecule is CC(=O)NC(Cc1cc(F)cc(F)c1)[C@H](O)CNC1CCOc2ccccc21. The van der Waals surface area contributed by atoms with Crippen molar-refractivity contribution >= 4 is 5.91 Å². The summed E-state index contributed by atoms with van der Waals surface area (Å²) in [4.78, 5) is 11.5. The summed E-state index contributed by atoms with van der Waals surface area (Å²) >= 11 is 0. The summed E-state index contributed by atoms with van der Waals surface area (Å²) in [6.45, 7) is 2.12. The Hall–Kier alpha value is -2.51. The van der Waals surface area contributed by atoms with Crippen molar-refractivity contribution in [3.63, 3.8) is 0 Å². The highest BCUT2D eigenvalue weighted by Gasteiger charge is 2.25. The molecule has 3 atom stereocenters. The number of hydrogen-bond donors (Lipinski definition) is 3. The van der Waals surface area contributed by atoms with Gasteiger partial charge in [-0.05, 0) is 30.2 Å². The largest absolute Gasteiger partial charge is 0.493 e. The first-order valence-electron chi connectivity index (χ1n) is 9.27. The summed E-state index contributed by atoms with van der Waals surface area (Å²) in [5.74, 6) is -0.891. The number of aliphatic hydroxyl groups excluding tert-OH is 1. The van der Waals surface area contributed by atoms with Gasteiger partial charge in [0, 0.05) is 37.6 Å². The fourth-order valence-corrected chi connectivity index (χ4v) is 3.49. The number of carbonyl (C=O) groups excluding carboxylic acids is 1. The fraction of sp³-hybridized carbons (Fsp3) is 0.381. The summed E-state index contributed by atoms with van der Waals surface area (Å²) in [7, 11) is 0. The summed E-state index contributed by atoms with van der Waals surface area (Å²) in [6.07, 6.45) is -0.0734. The number of hydrogen-bond acceptors (Lipinski definition) is 4. The molecule has 2 unspecified atom stereocenters. The molecule has 0 aliphatic carbocycles. The van der Waals surface area contributed by atoms with E-state index in [1.54, 1.807) is 0 Å². The molecule has 3 N–H and O–H groups in total. The van der Waals surface area contributed by atoms with Gasteiger partial charge in [-0.2, -0.15) is 0 Å². The van der Waals surface area contributed by atoms with E-state index in [0.29, 0.717) is 12.2 Å². The molecule has 7 heteroatoms. The molecular weight excluding hydrogens is 366 g/mol. The Kier molecular flexibility index (Phi) is 6.59. The lowest BCUT2D eigenvalue weighted by Crippen LogP contribution is -2.48. The molecule has 0 bridgehead atoms. The normalized spacial score (nSPS) is 17.9. The number of aliphatic hydroxyl groups is 1. The van der Waals surface area contributed by atoms with Gasteiger partial charge in [-0.25, -0.2) is 8.78 Å². The van der Waals surface area contributed by atoms with E-state index in [4.69, 9.17) is 4.74 Å². The Balaban J connectivity index is 1.66. The maximum absolute atomic E-state index is 13.5. The molecule has 0 fully saturated rings. The standard InChI is InChI=1S/C21H24F2N2O3/c1-13(26)25-19(10-14-8-15(22)11-16(23)9-14)20(27)12-24-18-6-7-28-21-5-3-2-4-17(18)21/h2-5,8-9,11,18-20,24,27H,6-7,10,12H2,1H3,(H,25,26)/t18?,19?,20-/m1/s1. The third-order valence-corrected chi connectivity index (χ3v) is 4.76. The molecule has 2 aromatic carbocycles. The van der Waals surface area contributed by atoms with Crippen LogP contribution in [0.3, 0.4) is 0 Å². The topological polar surface area (TPSA) is 70.6 Å². The van der Waals surface area contributed by atoms with Gasteiger partial charge in [-0.3, -0.25) is 4.79 Å². The Morgan fingerprint density at radius 3 is 2.68 bits per heavy atom. The van der Waals surface area contributed by atoms with Crippen LogP contribution in [-0.2, 0) is 11.2 Å². The summed E-state index contributed by atoms with van der Waals surface area (Å²) in [6, 6.07) is 10.2. The first-order chi connectivity index (χ1) is 13.4. The number of carbonyl (C=O) groups is 1. The van der Waals surface area contributed by atoms with E-state index in [1.807, 2.05) is 24.3 Å². The van der Waals surface area contributed by atoms with E-state index in [1.165, 1.54) is 19.1 Å². The Morgan fingerprint density at radius 1 is 1.25 bits per heavy atom. The van der Waals surface area contributed by atoms with Crippen molar-refractivity contribution < 1.29 is 23.4 Å². The molecule has 28 heavy (non-hydrogen) atoms. The van der Waals surface area contributed by atoms with Crippen molar-refractivity contribution in [2.24, 2.45) is 0 Å². The van der Waals surface area contributed by atoms with Gasteiger partial charge in [0.15, 0.2) is 0 Å². The molecule has 5 nitrogen and oxygen atoms in total. The molecule has 1 aliphatic heterocycles. The molecule has 3 rings (SSSR count). The second-order valence-electron chi connectivity index (χ2n) is 6.99. The van der Waals surface area contributed by atoms with Gasteiger partial charge < -0.3 is 20.5 Å². The predicted molar refractivity (Wildman–Crippen MR) is 101 cm³/mol. The van der Waals surface area contributed by atoms with Crippen LogP contribution >= 0.6 is 0 Å². The van der Waals surface area contributed by atoms with Gasteiger partial charge in [-0.1, -0.05) is 18.2 Å². The number of ether oxygens (including phenoxy) is 1. The molecule has 1 amide bonds. The van der Waals surface area contributed by atoms with Gasteiger partial charge >= 0.3 is 0 Å². The average molecular weight is 390 g/mol. The lowest BCUT2D eigenvalue weighted by atomic mass is 9.98. The lowest BCUT2D eigenvalue weighted by molar-refractivity contribution is -0.120. The van der Waals surface area contributed by atoms with Crippen molar-refractivity contribution in [2.45, 2.75) is 38.0 Å². The molecule has 1 heterocycles. The monoisotopic (exact) mass is 390 g/mol. The zero-order valence-electron chi connectivity index (χ0n) is 15.6. The maximum atomic E-state index is 13.5. The third-order valence-electron chi connectivity index (χ3n) is 4.76. The molecule has 0 spiro atoms. The minimum absolute atomic E-state index is 0.0178. The number of rotatable bonds is 7. The predicted octanol–water partition coefficient (Wildman–Crippen LogP) is 2.49. The lowest BCUT2D eigenvalue weighted by Gasteiger charge is -2.30. The highest BCUT2D eigenvalue weighted by atomic mass is 19.1. The Labute approximate surface area is 162 Å². The zero-order chi connectivity index (χ0) is 20.1. The second-order valence-corrected chi connectivity index (χ2v) is 6.99. The number of fused-ring (bicyclic) bond motifs is 1. The average Bonchev–Trinajstić information content (AvgIpc) is 2.64. The molecule has 0 saturated carbocycles. The van der Waals surface area contributed by atoms with Gasteiger partial charge in [0.25, 0.3) is 0 Å². The summed E-state index contributed by atoms with van der Waals surface area (Å²) < 4.78 is 32.6. The number of benzene rings is 2. The smallest absolute Gasteiger partial charge is 0.217 e. The summed E-state index contributed by atoms with van der Waals surface area (Å²) in [5, 5.41) is 16.6. The van der Waals surface area contributed by atoms with Crippen LogP contribution in [0.1, 0.15) is 30.5 Å². The highest BCUT2D eigenvalue weighted by Crippen LogP contribution is 2.31. The van der Waals surface area contributed by atoms with E-state index in [0.717, 1.165) is 23.8 Å². The number of amides is 1. The van der Waals surface area contributed by atoms with Gasteiger partial charge in [0.1, 0.15) is 17.4 Å². The number of para-hydroxylation sites is 1. The van der Waals surface area contributed by atoms with Gasteiger partial charge in [-0.15, -0.1) is 0 Å². The first-order valence-corrected chi connectivity index (χ1v) is 9.27. The molecule has 1 aliphatic rings. The minimum atomic E-state index is -0.940. The van der Waals surface area contributed by atoms with E-state index in [9.17, 15) is 18.7 Å². The van der Waals surface area contributed by atoms with E-state index >= 15 is 0 Å². The second kappa shape index (κ2) is 9.12. The van der Waals surface area contributed by atoms with Crippen LogP contribution in [0, 0.1) is 11.6 Å². The molecule has 0 radical (unpaired) electrons. The maximum Gasteiger partial charge on any atom is 0.217 e.